The smallest absolute Gasteiger partial charge is 0.217 e. The van der Waals surface area contributed by atoms with Crippen molar-refractivity contribution in [3.05, 3.63) is 36.1 Å². The summed E-state index contributed by atoms with van der Waals surface area (Å²) < 4.78 is 5.06. The first kappa shape index (κ1) is 21.7. The number of primary amides is 1. The van der Waals surface area contributed by atoms with Gasteiger partial charge in [0.25, 0.3) is 0 Å². The number of ether oxygens (including phenoxy) is 1. The summed E-state index contributed by atoms with van der Waals surface area (Å²) in [7, 11) is 1.60. The zero-order chi connectivity index (χ0) is 15.0. The summed E-state index contributed by atoms with van der Waals surface area (Å²) in [4.78, 5) is 10.6. The summed E-state index contributed by atoms with van der Waals surface area (Å²) in [5.74, 6) is 0.446. The maximum atomic E-state index is 10.6. The molecule has 106 valence electrons. The highest BCUT2D eigenvalue weighted by Crippen LogP contribution is 2.10. The molecule has 0 aliphatic heterocycles. The molecule has 18 heavy (non-hydrogen) atoms. The number of carbonyl (C=O) groups excluding carboxylic acids is 1. The average Bonchev–Trinajstić information content (AvgIpc) is 2.43. The number of hydrogen-bond donors (Lipinski definition) is 1. The second-order valence-corrected chi connectivity index (χ2v) is 2.78. The van der Waals surface area contributed by atoms with Crippen molar-refractivity contribution in [2.45, 2.75) is 47.5 Å². The van der Waals surface area contributed by atoms with Crippen molar-refractivity contribution < 1.29 is 9.53 Å². The molecule has 0 aliphatic carbocycles. The minimum atomic E-state index is -0.308. The molecule has 0 atom stereocenters. The minimum Gasteiger partial charge on any atom is -0.497 e. The van der Waals surface area contributed by atoms with E-state index in [0.29, 0.717) is 12.8 Å². The van der Waals surface area contributed by atoms with E-state index in [-0.39, 0.29) is 5.91 Å². The lowest BCUT2D eigenvalue weighted by Crippen LogP contribution is -2.09. The van der Waals surface area contributed by atoms with Gasteiger partial charge in [0.15, 0.2) is 0 Å². The van der Waals surface area contributed by atoms with E-state index in [1.807, 2.05) is 46.8 Å². The third-order valence-corrected chi connectivity index (χ3v) is 1.77. The monoisotopic (exact) mass is 255 g/mol. The third-order valence-electron chi connectivity index (χ3n) is 1.77. The van der Waals surface area contributed by atoms with Crippen molar-refractivity contribution in [1.29, 1.82) is 0 Å². The van der Waals surface area contributed by atoms with Crippen LogP contribution in [0.5, 0.6) is 0 Å². The molecule has 3 nitrogen and oxygen atoms in total. The topological polar surface area (TPSA) is 52.3 Å². The molecule has 2 N–H and O–H groups in total. The lowest BCUT2D eigenvalue weighted by atomic mass is 10.1. The average molecular weight is 255 g/mol. The summed E-state index contributed by atoms with van der Waals surface area (Å²) in [6.45, 7) is 13.5. The van der Waals surface area contributed by atoms with Crippen molar-refractivity contribution in [3.63, 3.8) is 0 Å². The van der Waals surface area contributed by atoms with Gasteiger partial charge in [-0.05, 0) is 31.1 Å². The second-order valence-electron chi connectivity index (χ2n) is 2.78. The Bertz CT molecular complexity index is 266. The van der Waals surface area contributed by atoms with Crippen LogP contribution in [0.15, 0.2) is 36.1 Å². The van der Waals surface area contributed by atoms with E-state index >= 15 is 0 Å². The van der Waals surface area contributed by atoms with Gasteiger partial charge in [-0.25, -0.2) is 0 Å². The van der Waals surface area contributed by atoms with E-state index in [1.165, 1.54) is 0 Å². The second kappa shape index (κ2) is 17.9. The molecule has 0 fully saturated rings. The SMILES string of the molecule is C=C/C(=C\C(=C/C)OC)CCC(N)=O.CC.CC. The number of methoxy groups -OCH3 is 1. The minimum absolute atomic E-state index is 0.308. The molecule has 0 spiro atoms. The van der Waals surface area contributed by atoms with Crippen molar-refractivity contribution >= 4 is 5.91 Å². The van der Waals surface area contributed by atoms with E-state index in [1.54, 1.807) is 13.2 Å². The summed E-state index contributed by atoms with van der Waals surface area (Å²) in [5, 5.41) is 0. The fourth-order valence-corrected chi connectivity index (χ4v) is 0.944. The molecule has 0 aromatic carbocycles. The molecule has 0 radical (unpaired) electrons. The molecule has 0 aromatic rings. The van der Waals surface area contributed by atoms with E-state index in [0.717, 1.165) is 11.3 Å². The highest BCUT2D eigenvalue weighted by molar-refractivity contribution is 5.74. The van der Waals surface area contributed by atoms with E-state index < -0.39 is 0 Å². The molecular weight excluding hydrogens is 226 g/mol. The molecule has 3 heteroatoms. The molecule has 0 rings (SSSR count). The molecule has 0 heterocycles. The fraction of sp³-hybridized carbons (Fsp3) is 0.533. The lowest BCUT2D eigenvalue weighted by Gasteiger charge is -2.03. The Morgan fingerprint density at radius 2 is 1.72 bits per heavy atom. The van der Waals surface area contributed by atoms with Gasteiger partial charge in [0, 0.05) is 6.42 Å². The van der Waals surface area contributed by atoms with Crippen LogP contribution in [-0.2, 0) is 9.53 Å². The fourth-order valence-electron chi connectivity index (χ4n) is 0.944. The van der Waals surface area contributed by atoms with E-state index in [4.69, 9.17) is 10.5 Å². The number of hydrogen-bond acceptors (Lipinski definition) is 2. The van der Waals surface area contributed by atoms with Gasteiger partial charge in [-0.1, -0.05) is 40.3 Å². The van der Waals surface area contributed by atoms with E-state index in [2.05, 4.69) is 6.58 Å². The number of nitrogens with two attached hydrogens (primary N) is 1. The molecule has 0 saturated carbocycles. The Balaban J connectivity index is -0.000000506. The van der Waals surface area contributed by atoms with Gasteiger partial charge in [0.1, 0.15) is 5.76 Å². The van der Waals surface area contributed by atoms with Crippen molar-refractivity contribution in [1.82, 2.24) is 0 Å². The summed E-state index contributed by atoms with van der Waals surface area (Å²) in [5.41, 5.74) is 5.99. The molecule has 0 aromatic heterocycles. The summed E-state index contributed by atoms with van der Waals surface area (Å²) in [6.07, 6.45) is 6.31. The number of allylic oxidation sites excluding steroid dienone is 4. The highest BCUT2D eigenvalue weighted by atomic mass is 16.5. The number of carbonyl (C=O) groups is 1. The molecule has 0 aliphatic rings. The Labute approximate surface area is 112 Å². The van der Waals surface area contributed by atoms with Crippen molar-refractivity contribution in [3.8, 4) is 0 Å². The first-order chi connectivity index (χ1) is 8.63. The Morgan fingerprint density at radius 1 is 1.22 bits per heavy atom. The molecule has 0 unspecified atom stereocenters. The van der Waals surface area contributed by atoms with Gasteiger partial charge in [-0.3, -0.25) is 4.79 Å². The molecule has 0 saturated heterocycles. The lowest BCUT2D eigenvalue weighted by molar-refractivity contribution is -0.117. The van der Waals surface area contributed by atoms with Gasteiger partial charge in [-0.15, -0.1) is 0 Å². The summed E-state index contributed by atoms with van der Waals surface area (Å²) in [6, 6.07) is 0. The van der Waals surface area contributed by atoms with Crippen LogP contribution < -0.4 is 5.73 Å². The van der Waals surface area contributed by atoms with E-state index in [9.17, 15) is 4.79 Å². The quantitative estimate of drug-likeness (QED) is 0.577. The normalized spacial score (nSPS) is 10.3. The van der Waals surface area contributed by atoms with Crippen LogP contribution in [0.25, 0.3) is 0 Å². The Hall–Kier alpha value is -1.51. The van der Waals surface area contributed by atoms with Crippen LogP contribution in [0.1, 0.15) is 47.5 Å². The molecular formula is C15H29NO2. The largest absolute Gasteiger partial charge is 0.497 e. The van der Waals surface area contributed by atoms with Crippen molar-refractivity contribution in [2.24, 2.45) is 5.73 Å². The zero-order valence-corrected chi connectivity index (χ0v) is 12.7. The van der Waals surface area contributed by atoms with Crippen LogP contribution in [0.3, 0.4) is 0 Å². The van der Waals surface area contributed by atoms with Gasteiger partial charge < -0.3 is 10.5 Å². The summed E-state index contributed by atoms with van der Waals surface area (Å²) >= 11 is 0. The van der Waals surface area contributed by atoms with Gasteiger partial charge in [0.2, 0.25) is 5.91 Å². The Morgan fingerprint density at radius 3 is 2.00 bits per heavy atom. The standard InChI is InChI=1S/C11H17NO2.2C2H6/c1-4-9(6-7-11(12)13)8-10(5-2)14-3;2*1-2/h4-5,8H,1,6-7H2,2-3H3,(H2,12,13);2*1-2H3/b9-8+,10-5+;;. The van der Waals surface area contributed by atoms with Gasteiger partial charge in [0.05, 0.1) is 7.11 Å². The van der Waals surface area contributed by atoms with Crippen LogP contribution in [0.2, 0.25) is 0 Å². The predicted molar refractivity (Wildman–Crippen MR) is 80.2 cm³/mol. The van der Waals surface area contributed by atoms with Gasteiger partial charge in [-0.2, -0.15) is 0 Å². The maximum Gasteiger partial charge on any atom is 0.217 e. The van der Waals surface area contributed by atoms with Crippen LogP contribution >= 0.6 is 0 Å². The third kappa shape index (κ3) is 14.5. The number of amides is 1. The zero-order valence-electron chi connectivity index (χ0n) is 12.7. The van der Waals surface area contributed by atoms with Crippen LogP contribution in [0.4, 0.5) is 0 Å². The predicted octanol–water partition coefficient (Wildman–Crippen LogP) is 3.97. The molecule has 1 amide bonds. The Kier molecular flexibility index (Phi) is 21.6. The van der Waals surface area contributed by atoms with Crippen LogP contribution in [-0.4, -0.2) is 13.0 Å². The van der Waals surface area contributed by atoms with Gasteiger partial charge >= 0.3 is 0 Å². The first-order valence-corrected chi connectivity index (χ1v) is 6.45. The molecule has 0 bridgehead atoms. The first-order valence-electron chi connectivity index (χ1n) is 6.45. The van der Waals surface area contributed by atoms with Crippen LogP contribution in [0, 0.1) is 0 Å². The van der Waals surface area contributed by atoms with Crippen molar-refractivity contribution in [2.75, 3.05) is 7.11 Å². The maximum absolute atomic E-state index is 10.6. The highest BCUT2D eigenvalue weighted by Gasteiger charge is 1.98. The number of rotatable bonds is 6.